The van der Waals surface area contributed by atoms with Crippen molar-refractivity contribution in [3.8, 4) is 0 Å². The maximum Gasteiger partial charge on any atom is 0.338 e. The Labute approximate surface area is 84.1 Å². The van der Waals surface area contributed by atoms with Crippen molar-refractivity contribution >= 4 is 5.97 Å². The molecule has 1 heterocycles. The van der Waals surface area contributed by atoms with Gasteiger partial charge in [0.05, 0.1) is 12.2 Å². The lowest BCUT2D eigenvalue weighted by Crippen LogP contribution is -2.09. The zero-order valence-corrected chi connectivity index (χ0v) is 8.78. The van der Waals surface area contributed by atoms with E-state index in [1.54, 1.807) is 25.4 Å². The van der Waals surface area contributed by atoms with Crippen molar-refractivity contribution in [3.63, 3.8) is 0 Å². The Morgan fingerprint density at radius 3 is 2.86 bits per heavy atom. The molecule has 76 valence electrons. The molecular formula is C11H15NO2. The van der Waals surface area contributed by atoms with Gasteiger partial charge in [0.1, 0.15) is 0 Å². The predicted octanol–water partition coefficient (Wildman–Crippen LogP) is 2.38. The van der Waals surface area contributed by atoms with Crippen LogP contribution in [0.2, 0.25) is 0 Å². The molecule has 0 atom stereocenters. The Morgan fingerprint density at radius 2 is 2.29 bits per heavy atom. The summed E-state index contributed by atoms with van der Waals surface area (Å²) in [6, 6.07) is 1.70. The van der Waals surface area contributed by atoms with Gasteiger partial charge in [0.15, 0.2) is 0 Å². The first kappa shape index (κ1) is 10.7. The number of hydrogen-bond donors (Lipinski definition) is 0. The fourth-order valence-electron chi connectivity index (χ4n) is 1.26. The second-order valence-corrected chi connectivity index (χ2v) is 3.34. The van der Waals surface area contributed by atoms with E-state index in [1.807, 2.05) is 13.8 Å². The average molecular weight is 193 g/mol. The van der Waals surface area contributed by atoms with Crippen molar-refractivity contribution in [1.82, 2.24) is 4.98 Å². The Morgan fingerprint density at radius 1 is 1.57 bits per heavy atom. The van der Waals surface area contributed by atoms with Crippen LogP contribution in [0.3, 0.4) is 0 Å². The minimum absolute atomic E-state index is 0.265. The molecule has 0 aliphatic carbocycles. The van der Waals surface area contributed by atoms with Crippen molar-refractivity contribution in [2.75, 3.05) is 6.61 Å². The quantitative estimate of drug-likeness (QED) is 0.692. The smallest absolute Gasteiger partial charge is 0.338 e. The molecule has 0 aromatic carbocycles. The van der Waals surface area contributed by atoms with Gasteiger partial charge in [0, 0.05) is 12.4 Å². The fourth-order valence-corrected chi connectivity index (χ4v) is 1.26. The van der Waals surface area contributed by atoms with Gasteiger partial charge in [-0.25, -0.2) is 4.79 Å². The van der Waals surface area contributed by atoms with E-state index in [9.17, 15) is 4.79 Å². The number of aromatic nitrogens is 1. The first-order valence-corrected chi connectivity index (χ1v) is 4.77. The molecule has 0 amide bonds. The Bertz CT molecular complexity index is 321. The highest BCUT2D eigenvalue weighted by atomic mass is 16.5. The highest BCUT2D eigenvalue weighted by molar-refractivity contribution is 5.91. The Hall–Kier alpha value is -1.38. The standard InChI is InChI=1S/C11H15NO2/c1-4-14-11(13)9-5-6-12-7-10(9)8(2)3/h5-8H,4H2,1-3H3. The van der Waals surface area contributed by atoms with Gasteiger partial charge in [-0.1, -0.05) is 13.8 Å². The van der Waals surface area contributed by atoms with E-state index >= 15 is 0 Å². The number of ether oxygens (including phenoxy) is 1. The zero-order chi connectivity index (χ0) is 10.6. The molecule has 0 aliphatic rings. The van der Waals surface area contributed by atoms with Gasteiger partial charge in [0.25, 0.3) is 0 Å². The second-order valence-electron chi connectivity index (χ2n) is 3.34. The van der Waals surface area contributed by atoms with Crippen LogP contribution in [0, 0.1) is 0 Å². The van der Waals surface area contributed by atoms with E-state index in [0.717, 1.165) is 5.56 Å². The van der Waals surface area contributed by atoms with Crippen molar-refractivity contribution in [2.45, 2.75) is 26.7 Å². The number of hydrogen-bond acceptors (Lipinski definition) is 3. The van der Waals surface area contributed by atoms with Crippen LogP contribution in [-0.2, 0) is 4.74 Å². The van der Waals surface area contributed by atoms with E-state index in [2.05, 4.69) is 4.98 Å². The van der Waals surface area contributed by atoms with Gasteiger partial charge in [0.2, 0.25) is 0 Å². The summed E-state index contributed by atoms with van der Waals surface area (Å²) in [6.45, 7) is 6.26. The maximum absolute atomic E-state index is 11.5. The molecule has 1 aromatic rings. The molecule has 0 aliphatic heterocycles. The molecule has 3 heteroatoms. The lowest BCUT2D eigenvalue weighted by molar-refractivity contribution is 0.0524. The summed E-state index contributed by atoms with van der Waals surface area (Å²) < 4.78 is 4.95. The third kappa shape index (κ3) is 2.31. The fraction of sp³-hybridized carbons (Fsp3) is 0.455. The molecule has 0 fully saturated rings. The van der Waals surface area contributed by atoms with E-state index in [1.165, 1.54) is 0 Å². The molecule has 1 rings (SSSR count). The van der Waals surface area contributed by atoms with Gasteiger partial charge >= 0.3 is 5.97 Å². The molecule has 0 saturated carbocycles. The highest BCUT2D eigenvalue weighted by Gasteiger charge is 2.13. The molecule has 0 bridgehead atoms. The molecular weight excluding hydrogens is 178 g/mol. The van der Waals surface area contributed by atoms with Crippen LogP contribution in [0.15, 0.2) is 18.5 Å². The van der Waals surface area contributed by atoms with Crippen LogP contribution in [-0.4, -0.2) is 17.6 Å². The number of esters is 1. The minimum atomic E-state index is -0.265. The molecule has 0 unspecified atom stereocenters. The van der Waals surface area contributed by atoms with Gasteiger partial charge in [-0.15, -0.1) is 0 Å². The number of nitrogens with zero attached hydrogens (tertiary/aromatic N) is 1. The Kier molecular flexibility index (Phi) is 3.63. The third-order valence-corrected chi connectivity index (χ3v) is 1.97. The number of carbonyl (C=O) groups is 1. The van der Waals surface area contributed by atoms with Crippen molar-refractivity contribution in [1.29, 1.82) is 0 Å². The summed E-state index contributed by atoms with van der Waals surface area (Å²) in [4.78, 5) is 15.5. The summed E-state index contributed by atoms with van der Waals surface area (Å²) in [5.41, 5.74) is 1.56. The molecule has 1 aromatic heterocycles. The van der Waals surface area contributed by atoms with Gasteiger partial charge in [-0.05, 0) is 24.5 Å². The molecule has 0 N–H and O–H groups in total. The highest BCUT2D eigenvalue weighted by Crippen LogP contribution is 2.18. The summed E-state index contributed by atoms with van der Waals surface area (Å²) in [5, 5.41) is 0. The van der Waals surface area contributed by atoms with E-state index in [-0.39, 0.29) is 11.9 Å². The molecule has 0 saturated heterocycles. The zero-order valence-electron chi connectivity index (χ0n) is 8.78. The van der Waals surface area contributed by atoms with Gasteiger partial charge in [-0.3, -0.25) is 4.98 Å². The molecule has 0 radical (unpaired) electrons. The first-order chi connectivity index (χ1) is 6.66. The topological polar surface area (TPSA) is 39.2 Å². The Balaban J connectivity index is 3.00. The largest absolute Gasteiger partial charge is 0.462 e. The minimum Gasteiger partial charge on any atom is -0.462 e. The second kappa shape index (κ2) is 4.74. The molecule has 0 spiro atoms. The molecule has 14 heavy (non-hydrogen) atoms. The SMILES string of the molecule is CCOC(=O)c1ccncc1C(C)C. The number of pyridine rings is 1. The van der Waals surface area contributed by atoms with E-state index < -0.39 is 0 Å². The van der Waals surface area contributed by atoms with Crippen LogP contribution in [0.5, 0.6) is 0 Å². The van der Waals surface area contributed by atoms with Crippen LogP contribution in [0.1, 0.15) is 42.6 Å². The van der Waals surface area contributed by atoms with Crippen molar-refractivity contribution in [3.05, 3.63) is 29.6 Å². The summed E-state index contributed by atoms with van der Waals surface area (Å²) in [7, 11) is 0. The van der Waals surface area contributed by atoms with Gasteiger partial charge in [-0.2, -0.15) is 0 Å². The normalized spacial score (nSPS) is 10.3. The summed E-state index contributed by atoms with van der Waals surface area (Å²) >= 11 is 0. The van der Waals surface area contributed by atoms with Crippen LogP contribution < -0.4 is 0 Å². The first-order valence-electron chi connectivity index (χ1n) is 4.77. The van der Waals surface area contributed by atoms with E-state index in [0.29, 0.717) is 12.2 Å². The van der Waals surface area contributed by atoms with Crippen molar-refractivity contribution < 1.29 is 9.53 Å². The lowest BCUT2D eigenvalue weighted by Gasteiger charge is -2.10. The van der Waals surface area contributed by atoms with Crippen LogP contribution in [0.25, 0.3) is 0 Å². The average Bonchev–Trinajstić information content (AvgIpc) is 2.18. The lowest BCUT2D eigenvalue weighted by atomic mass is 10.00. The van der Waals surface area contributed by atoms with Crippen LogP contribution in [0.4, 0.5) is 0 Å². The summed E-state index contributed by atoms with van der Waals surface area (Å²) in [5.74, 6) is 0.0155. The monoisotopic (exact) mass is 193 g/mol. The predicted molar refractivity (Wildman–Crippen MR) is 54.3 cm³/mol. The van der Waals surface area contributed by atoms with Crippen molar-refractivity contribution in [2.24, 2.45) is 0 Å². The number of rotatable bonds is 3. The third-order valence-electron chi connectivity index (χ3n) is 1.97. The van der Waals surface area contributed by atoms with Crippen LogP contribution >= 0.6 is 0 Å². The molecule has 3 nitrogen and oxygen atoms in total. The van der Waals surface area contributed by atoms with E-state index in [4.69, 9.17) is 4.74 Å². The summed E-state index contributed by atoms with van der Waals surface area (Å²) in [6.07, 6.45) is 3.33. The number of carbonyl (C=O) groups excluding carboxylic acids is 1. The maximum atomic E-state index is 11.5. The van der Waals surface area contributed by atoms with Gasteiger partial charge < -0.3 is 4.74 Å².